The van der Waals surface area contributed by atoms with Crippen LogP contribution in [-0.4, -0.2) is 24.0 Å². The van der Waals surface area contributed by atoms with E-state index in [0.717, 1.165) is 31.6 Å². The summed E-state index contributed by atoms with van der Waals surface area (Å²) < 4.78 is 0. The lowest BCUT2D eigenvalue weighted by Crippen LogP contribution is -2.25. The van der Waals surface area contributed by atoms with E-state index < -0.39 is 0 Å². The minimum atomic E-state index is -0.0354. The number of amides is 1. The van der Waals surface area contributed by atoms with Crippen LogP contribution < -0.4 is 10.6 Å². The molecular formula is C12H19N3O. The second-order valence-corrected chi connectivity index (χ2v) is 3.56. The largest absolute Gasteiger partial charge is 0.383 e. The molecule has 1 aromatic rings. The van der Waals surface area contributed by atoms with Gasteiger partial charge in [0.05, 0.1) is 17.4 Å². The van der Waals surface area contributed by atoms with Crippen molar-refractivity contribution in [3.63, 3.8) is 0 Å². The van der Waals surface area contributed by atoms with Gasteiger partial charge < -0.3 is 10.6 Å². The Balaban J connectivity index is 2.66. The summed E-state index contributed by atoms with van der Waals surface area (Å²) in [7, 11) is 0. The number of aromatic nitrogens is 1. The number of unbranched alkanes of at least 4 members (excludes halogenated alkanes) is 1. The number of carbonyl (C=O) groups is 1. The summed E-state index contributed by atoms with van der Waals surface area (Å²) in [6.07, 6.45) is 5.40. The number of nitrogens with zero attached hydrogens (tertiary/aromatic N) is 1. The number of rotatable bonds is 6. The van der Waals surface area contributed by atoms with Gasteiger partial charge in [-0.25, -0.2) is 0 Å². The number of nitrogens with one attached hydrogen (secondary N) is 2. The zero-order valence-electron chi connectivity index (χ0n) is 9.92. The SMILES string of the molecule is CCCCNC(=O)c1ccncc1NCC. The molecule has 88 valence electrons. The summed E-state index contributed by atoms with van der Waals surface area (Å²) >= 11 is 0. The van der Waals surface area contributed by atoms with Gasteiger partial charge in [0, 0.05) is 19.3 Å². The van der Waals surface area contributed by atoms with E-state index in [1.165, 1.54) is 0 Å². The second kappa shape index (κ2) is 6.82. The van der Waals surface area contributed by atoms with Crippen molar-refractivity contribution in [1.29, 1.82) is 0 Å². The number of hydrogen-bond acceptors (Lipinski definition) is 3. The van der Waals surface area contributed by atoms with Gasteiger partial charge in [0.2, 0.25) is 0 Å². The molecule has 0 bridgehead atoms. The highest BCUT2D eigenvalue weighted by molar-refractivity contribution is 5.99. The normalized spacial score (nSPS) is 9.88. The molecule has 0 saturated carbocycles. The Morgan fingerprint density at radius 2 is 2.25 bits per heavy atom. The van der Waals surface area contributed by atoms with Crippen molar-refractivity contribution in [2.24, 2.45) is 0 Å². The Hall–Kier alpha value is -1.58. The summed E-state index contributed by atoms with van der Waals surface area (Å²) in [6, 6.07) is 1.74. The molecule has 4 nitrogen and oxygen atoms in total. The monoisotopic (exact) mass is 221 g/mol. The van der Waals surface area contributed by atoms with Crippen LogP contribution in [0.1, 0.15) is 37.0 Å². The molecule has 0 aliphatic heterocycles. The molecule has 0 unspecified atom stereocenters. The van der Waals surface area contributed by atoms with Gasteiger partial charge in [-0.2, -0.15) is 0 Å². The number of pyridine rings is 1. The molecule has 0 aliphatic rings. The highest BCUT2D eigenvalue weighted by atomic mass is 16.1. The van der Waals surface area contributed by atoms with Crippen LogP contribution >= 0.6 is 0 Å². The van der Waals surface area contributed by atoms with Crippen LogP contribution in [0.4, 0.5) is 5.69 Å². The Kier molecular flexibility index (Phi) is 5.32. The van der Waals surface area contributed by atoms with E-state index >= 15 is 0 Å². The van der Waals surface area contributed by atoms with Crippen molar-refractivity contribution in [3.05, 3.63) is 24.0 Å². The van der Waals surface area contributed by atoms with Crippen molar-refractivity contribution in [2.45, 2.75) is 26.7 Å². The summed E-state index contributed by atoms with van der Waals surface area (Å²) in [6.45, 7) is 5.60. The van der Waals surface area contributed by atoms with Gasteiger partial charge in [-0.15, -0.1) is 0 Å². The van der Waals surface area contributed by atoms with Gasteiger partial charge in [-0.05, 0) is 19.4 Å². The van der Waals surface area contributed by atoms with Gasteiger partial charge in [-0.3, -0.25) is 9.78 Å². The molecule has 0 atom stereocenters. The standard InChI is InChI=1S/C12H19N3O/c1-3-5-7-15-12(16)10-6-8-13-9-11(10)14-4-2/h6,8-9,14H,3-5,7H2,1-2H3,(H,15,16). The van der Waals surface area contributed by atoms with Crippen LogP contribution in [0, 0.1) is 0 Å². The van der Waals surface area contributed by atoms with Crippen molar-refractivity contribution in [3.8, 4) is 0 Å². The summed E-state index contributed by atoms with van der Waals surface area (Å²) in [4.78, 5) is 15.8. The third kappa shape index (κ3) is 3.53. The Morgan fingerprint density at radius 1 is 1.44 bits per heavy atom. The van der Waals surface area contributed by atoms with Crippen molar-refractivity contribution in [2.75, 3.05) is 18.4 Å². The molecule has 1 amide bonds. The lowest BCUT2D eigenvalue weighted by atomic mass is 10.2. The first-order valence-electron chi connectivity index (χ1n) is 5.75. The topological polar surface area (TPSA) is 54.0 Å². The summed E-state index contributed by atoms with van der Waals surface area (Å²) in [5.41, 5.74) is 1.45. The van der Waals surface area contributed by atoms with Crippen LogP contribution in [-0.2, 0) is 0 Å². The van der Waals surface area contributed by atoms with E-state index in [-0.39, 0.29) is 5.91 Å². The maximum absolute atomic E-state index is 11.8. The lowest BCUT2D eigenvalue weighted by Gasteiger charge is -2.09. The molecular weight excluding hydrogens is 202 g/mol. The Morgan fingerprint density at radius 3 is 2.94 bits per heavy atom. The first-order chi connectivity index (χ1) is 7.79. The fourth-order valence-corrected chi connectivity index (χ4v) is 1.40. The minimum Gasteiger partial charge on any atom is -0.383 e. The first-order valence-corrected chi connectivity index (χ1v) is 5.75. The summed E-state index contributed by atoms with van der Waals surface area (Å²) in [5.74, 6) is -0.0354. The third-order valence-corrected chi connectivity index (χ3v) is 2.25. The second-order valence-electron chi connectivity index (χ2n) is 3.56. The van der Waals surface area contributed by atoms with Gasteiger partial charge >= 0.3 is 0 Å². The third-order valence-electron chi connectivity index (χ3n) is 2.25. The van der Waals surface area contributed by atoms with E-state index in [4.69, 9.17) is 0 Å². The molecule has 0 saturated heterocycles. The molecule has 0 aliphatic carbocycles. The quantitative estimate of drug-likeness (QED) is 0.723. The van der Waals surface area contributed by atoms with E-state index in [9.17, 15) is 4.79 Å². The highest BCUT2D eigenvalue weighted by Crippen LogP contribution is 2.12. The molecule has 0 radical (unpaired) electrons. The average Bonchev–Trinajstić information content (AvgIpc) is 2.30. The smallest absolute Gasteiger partial charge is 0.253 e. The first kappa shape index (κ1) is 12.5. The van der Waals surface area contributed by atoms with Crippen LogP contribution in [0.15, 0.2) is 18.5 Å². The van der Waals surface area contributed by atoms with E-state index in [1.54, 1.807) is 18.5 Å². The zero-order chi connectivity index (χ0) is 11.8. The Bertz CT molecular complexity index is 339. The molecule has 16 heavy (non-hydrogen) atoms. The molecule has 0 fully saturated rings. The highest BCUT2D eigenvalue weighted by Gasteiger charge is 2.09. The Labute approximate surface area is 96.5 Å². The molecule has 0 spiro atoms. The molecule has 4 heteroatoms. The van der Waals surface area contributed by atoms with Gasteiger partial charge in [0.25, 0.3) is 5.91 Å². The van der Waals surface area contributed by atoms with E-state index in [0.29, 0.717) is 5.56 Å². The number of anilines is 1. The van der Waals surface area contributed by atoms with Crippen LogP contribution in [0.25, 0.3) is 0 Å². The fraction of sp³-hybridized carbons (Fsp3) is 0.500. The number of hydrogen-bond donors (Lipinski definition) is 2. The van der Waals surface area contributed by atoms with Gasteiger partial charge in [-0.1, -0.05) is 13.3 Å². The van der Waals surface area contributed by atoms with Crippen LogP contribution in [0.3, 0.4) is 0 Å². The van der Waals surface area contributed by atoms with Crippen LogP contribution in [0.5, 0.6) is 0 Å². The predicted molar refractivity (Wildman–Crippen MR) is 65.6 cm³/mol. The van der Waals surface area contributed by atoms with Gasteiger partial charge in [0.15, 0.2) is 0 Å². The maximum atomic E-state index is 11.8. The van der Waals surface area contributed by atoms with Crippen molar-refractivity contribution < 1.29 is 4.79 Å². The van der Waals surface area contributed by atoms with Crippen molar-refractivity contribution in [1.82, 2.24) is 10.3 Å². The molecule has 1 rings (SSSR count). The number of carbonyl (C=O) groups excluding carboxylic acids is 1. The van der Waals surface area contributed by atoms with Crippen molar-refractivity contribution >= 4 is 11.6 Å². The average molecular weight is 221 g/mol. The maximum Gasteiger partial charge on any atom is 0.253 e. The summed E-state index contributed by atoms with van der Waals surface area (Å²) in [5, 5.41) is 6.02. The minimum absolute atomic E-state index is 0.0354. The lowest BCUT2D eigenvalue weighted by molar-refractivity contribution is 0.0954. The van der Waals surface area contributed by atoms with Gasteiger partial charge in [0.1, 0.15) is 0 Å². The van der Waals surface area contributed by atoms with E-state index in [2.05, 4.69) is 22.5 Å². The molecule has 1 heterocycles. The predicted octanol–water partition coefficient (Wildman–Crippen LogP) is 2.04. The fourth-order valence-electron chi connectivity index (χ4n) is 1.40. The van der Waals surface area contributed by atoms with Crippen LogP contribution in [0.2, 0.25) is 0 Å². The van der Waals surface area contributed by atoms with E-state index in [1.807, 2.05) is 6.92 Å². The zero-order valence-corrected chi connectivity index (χ0v) is 9.92. The molecule has 1 aromatic heterocycles. The molecule has 2 N–H and O–H groups in total. The molecule has 0 aromatic carbocycles.